The topological polar surface area (TPSA) is 62.3 Å². The van der Waals surface area contributed by atoms with Crippen molar-refractivity contribution in [3.05, 3.63) is 59.4 Å². The smallest absolute Gasteiger partial charge is 0.229 e. The van der Waals surface area contributed by atoms with Crippen LogP contribution >= 0.6 is 11.6 Å². The van der Waals surface area contributed by atoms with E-state index in [1.54, 1.807) is 35.4 Å². The number of anilines is 1. The molecule has 1 aromatic heterocycles. The molecular formula is C17H16ClN3O2. The highest BCUT2D eigenvalue weighted by atomic mass is 35.5. The minimum Gasteiger partial charge on any atom is -0.336 e. The Morgan fingerprint density at radius 2 is 2.17 bits per heavy atom. The Hall–Kier alpha value is -2.40. The molecule has 3 rings (SSSR count). The van der Waals surface area contributed by atoms with Crippen LogP contribution in [0.5, 0.6) is 0 Å². The maximum absolute atomic E-state index is 12.3. The van der Waals surface area contributed by atoms with E-state index in [1.807, 2.05) is 18.2 Å². The molecule has 1 fully saturated rings. The summed E-state index contributed by atoms with van der Waals surface area (Å²) in [6, 6.07) is 12.5. The summed E-state index contributed by atoms with van der Waals surface area (Å²) in [6.45, 7) is 0.836. The molecule has 1 atom stereocenters. The molecule has 0 aliphatic carbocycles. The Balaban J connectivity index is 1.61. The van der Waals surface area contributed by atoms with E-state index < -0.39 is 0 Å². The number of benzene rings is 1. The van der Waals surface area contributed by atoms with Crippen molar-refractivity contribution < 1.29 is 9.59 Å². The number of carbonyl (C=O) groups is 2. The molecule has 2 aromatic rings. The SMILES string of the molecule is O=C(Nc1cccc(Cl)c1)[C@@H]1CC(=O)N(Cc2ccccn2)C1. The summed E-state index contributed by atoms with van der Waals surface area (Å²) >= 11 is 5.90. The molecule has 5 nitrogen and oxygen atoms in total. The van der Waals surface area contributed by atoms with Gasteiger partial charge in [-0.3, -0.25) is 14.6 Å². The molecule has 6 heteroatoms. The maximum atomic E-state index is 12.3. The summed E-state index contributed by atoms with van der Waals surface area (Å²) < 4.78 is 0. The van der Waals surface area contributed by atoms with Gasteiger partial charge < -0.3 is 10.2 Å². The average Bonchev–Trinajstić information content (AvgIpc) is 2.89. The van der Waals surface area contributed by atoms with Crippen molar-refractivity contribution in [3.63, 3.8) is 0 Å². The van der Waals surface area contributed by atoms with Crippen LogP contribution in [0.15, 0.2) is 48.7 Å². The molecule has 0 radical (unpaired) electrons. The van der Waals surface area contributed by atoms with Crippen molar-refractivity contribution >= 4 is 29.1 Å². The lowest BCUT2D eigenvalue weighted by atomic mass is 10.1. The van der Waals surface area contributed by atoms with Gasteiger partial charge in [-0.15, -0.1) is 0 Å². The summed E-state index contributed by atoms with van der Waals surface area (Å²) in [5.74, 6) is -0.545. The van der Waals surface area contributed by atoms with Crippen LogP contribution in [0.4, 0.5) is 5.69 Å². The van der Waals surface area contributed by atoms with Crippen molar-refractivity contribution in [3.8, 4) is 0 Å². The highest BCUT2D eigenvalue weighted by Gasteiger charge is 2.34. The van der Waals surface area contributed by atoms with Crippen LogP contribution in [0.1, 0.15) is 12.1 Å². The first kappa shape index (κ1) is 15.5. The number of hydrogen-bond acceptors (Lipinski definition) is 3. The van der Waals surface area contributed by atoms with Gasteiger partial charge in [-0.1, -0.05) is 23.7 Å². The lowest BCUT2D eigenvalue weighted by molar-refractivity contribution is -0.128. The van der Waals surface area contributed by atoms with E-state index in [4.69, 9.17) is 11.6 Å². The monoisotopic (exact) mass is 329 g/mol. The molecule has 2 amide bonds. The second-order valence-electron chi connectivity index (χ2n) is 5.50. The number of aromatic nitrogens is 1. The van der Waals surface area contributed by atoms with E-state index in [0.29, 0.717) is 23.8 Å². The molecule has 1 aromatic carbocycles. The van der Waals surface area contributed by atoms with Gasteiger partial charge in [-0.25, -0.2) is 0 Å². The van der Waals surface area contributed by atoms with E-state index in [1.165, 1.54) is 0 Å². The minimum absolute atomic E-state index is 0.0260. The van der Waals surface area contributed by atoms with E-state index in [2.05, 4.69) is 10.3 Å². The van der Waals surface area contributed by atoms with E-state index in [0.717, 1.165) is 5.69 Å². The van der Waals surface area contributed by atoms with Gasteiger partial charge in [0.25, 0.3) is 0 Å². The van der Waals surface area contributed by atoms with Gasteiger partial charge in [-0.2, -0.15) is 0 Å². The number of likely N-dealkylation sites (tertiary alicyclic amines) is 1. The van der Waals surface area contributed by atoms with Crippen molar-refractivity contribution in [1.82, 2.24) is 9.88 Å². The zero-order valence-corrected chi connectivity index (χ0v) is 13.2. The Morgan fingerprint density at radius 1 is 1.30 bits per heavy atom. The third-order valence-electron chi connectivity index (χ3n) is 3.76. The van der Waals surface area contributed by atoms with Gasteiger partial charge in [0.15, 0.2) is 0 Å². The zero-order valence-electron chi connectivity index (χ0n) is 12.4. The molecule has 1 aliphatic rings. The molecule has 1 aliphatic heterocycles. The number of nitrogens with zero attached hydrogens (tertiary/aromatic N) is 2. The first-order valence-electron chi connectivity index (χ1n) is 7.36. The number of pyridine rings is 1. The Labute approximate surface area is 139 Å². The third kappa shape index (κ3) is 3.87. The lowest BCUT2D eigenvalue weighted by Gasteiger charge is -2.16. The van der Waals surface area contributed by atoms with Crippen LogP contribution in [-0.4, -0.2) is 28.2 Å². The maximum Gasteiger partial charge on any atom is 0.229 e. The molecule has 0 bridgehead atoms. The summed E-state index contributed by atoms with van der Waals surface area (Å²) in [7, 11) is 0. The summed E-state index contributed by atoms with van der Waals surface area (Å²) in [6.07, 6.45) is 1.92. The molecule has 0 spiro atoms. The number of rotatable bonds is 4. The Morgan fingerprint density at radius 3 is 2.91 bits per heavy atom. The fourth-order valence-corrected chi connectivity index (χ4v) is 2.79. The average molecular weight is 330 g/mol. The van der Waals surface area contributed by atoms with Crippen LogP contribution in [0.25, 0.3) is 0 Å². The molecule has 118 valence electrons. The van der Waals surface area contributed by atoms with Crippen LogP contribution in [0.3, 0.4) is 0 Å². The van der Waals surface area contributed by atoms with Gasteiger partial charge >= 0.3 is 0 Å². The van der Waals surface area contributed by atoms with Crippen LogP contribution in [-0.2, 0) is 16.1 Å². The summed E-state index contributed by atoms with van der Waals surface area (Å²) in [5.41, 5.74) is 1.45. The standard InChI is InChI=1S/C17H16ClN3O2/c18-13-4-3-6-14(9-13)20-17(23)12-8-16(22)21(10-12)11-15-5-1-2-7-19-15/h1-7,9,12H,8,10-11H2,(H,20,23)/t12-/m1/s1. The first-order chi connectivity index (χ1) is 11.1. The minimum atomic E-state index is -0.356. The van der Waals surface area contributed by atoms with E-state index >= 15 is 0 Å². The molecule has 0 unspecified atom stereocenters. The highest BCUT2D eigenvalue weighted by Crippen LogP contribution is 2.22. The molecule has 1 saturated heterocycles. The molecule has 2 heterocycles. The third-order valence-corrected chi connectivity index (χ3v) is 3.99. The van der Waals surface area contributed by atoms with Crippen molar-refractivity contribution in [2.24, 2.45) is 5.92 Å². The van der Waals surface area contributed by atoms with Gasteiger partial charge in [-0.05, 0) is 30.3 Å². The first-order valence-corrected chi connectivity index (χ1v) is 7.74. The number of nitrogens with one attached hydrogen (secondary N) is 1. The van der Waals surface area contributed by atoms with Crippen LogP contribution < -0.4 is 5.32 Å². The van der Waals surface area contributed by atoms with Crippen molar-refractivity contribution in [1.29, 1.82) is 0 Å². The highest BCUT2D eigenvalue weighted by molar-refractivity contribution is 6.30. The lowest BCUT2D eigenvalue weighted by Crippen LogP contribution is -2.28. The predicted octanol–water partition coefficient (Wildman–Crippen LogP) is 2.72. The van der Waals surface area contributed by atoms with E-state index in [9.17, 15) is 9.59 Å². The van der Waals surface area contributed by atoms with Crippen LogP contribution in [0.2, 0.25) is 5.02 Å². The molecule has 1 N–H and O–H groups in total. The van der Waals surface area contributed by atoms with Gasteiger partial charge in [0.05, 0.1) is 18.2 Å². The fraction of sp³-hybridized carbons (Fsp3) is 0.235. The predicted molar refractivity (Wildman–Crippen MR) is 87.8 cm³/mol. The largest absolute Gasteiger partial charge is 0.336 e. The molecular weight excluding hydrogens is 314 g/mol. The van der Waals surface area contributed by atoms with Crippen molar-refractivity contribution in [2.45, 2.75) is 13.0 Å². The molecule has 23 heavy (non-hydrogen) atoms. The number of hydrogen-bond donors (Lipinski definition) is 1. The van der Waals surface area contributed by atoms with Gasteiger partial charge in [0.2, 0.25) is 11.8 Å². The van der Waals surface area contributed by atoms with Gasteiger partial charge in [0.1, 0.15) is 0 Å². The molecule has 0 saturated carbocycles. The second-order valence-corrected chi connectivity index (χ2v) is 5.93. The summed E-state index contributed by atoms with van der Waals surface area (Å²) in [5, 5.41) is 3.37. The van der Waals surface area contributed by atoms with Gasteiger partial charge in [0, 0.05) is 29.9 Å². The number of halogens is 1. The van der Waals surface area contributed by atoms with Crippen LogP contribution in [0, 0.1) is 5.92 Å². The summed E-state index contributed by atoms with van der Waals surface area (Å²) in [4.78, 5) is 30.3. The quantitative estimate of drug-likeness (QED) is 0.938. The van der Waals surface area contributed by atoms with E-state index in [-0.39, 0.29) is 24.2 Å². The Kier molecular flexibility index (Phi) is 4.57. The fourth-order valence-electron chi connectivity index (χ4n) is 2.60. The van der Waals surface area contributed by atoms with Crippen molar-refractivity contribution in [2.75, 3.05) is 11.9 Å². The normalized spacial score (nSPS) is 17.3. The number of carbonyl (C=O) groups excluding carboxylic acids is 2. The number of amides is 2. The zero-order chi connectivity index (χ0) is 16.2. The second kappa shape index (κ2) is 6.79. The Bertz CT molecular complexity index is 721.